The van der Waals surface area contributed by atoms with Gasteiger partial charge in [-0.2, -0.15) is 0 Å². The molecule has 0 N–H and O–H groups in total. The molecule has 0 heterocycles. The summed E-state index contributed by atoms with van der Waals surface area (Å²) in [6, 6.07) is 0. The van der Waals surface area contributed by atoms with Crippen LogP contribution in [0.15, 0.2) is 0 Å². The van der Waals surface area contributed by atoms with Crippen LogP contribution in [0.3, 0.4) is 0 Å². The highest BCUT2D eigenvalue weighted by atomic mass is 35.5. The molecule has 2 heteroatoms. The van der Waals surface area contributed by atoms with Crippen molar-refractivity contribution in [3.63, 3.8) is 0 Å². The second kappa shape index (κ2) is 10.5. The van der Waals surface area contributed by atoms with Gasteiger partial charge in [-0.25, -0.2) is 0 Å². The Bertz CT molecular complexity index is 23.0. The normalized spacial score (nSPS) is 8.25. The topological polar surface area (TPSA) is 0 Å². The second-order valence-electron chi connectivity index (χ2n) is 2.11. The van der Waals surface area contributed by atoms with Crippen LogP contribution in [-0.2, 0) is 0 Å². The van der Waals surface area contributed by atoms with Crippen molar-refractivity contribution < 1.29 is 0 Å². The summed E-state index contributed by atoms with van der Waals surface area (Å²) < 4.78 is 0. The first-order valence-corrected chi connectivity index (χ1v) is 3.84. The van der Waals surface area contributed by atoms with Crippen molar-refractivity contribution in [2.75, 3.05) is 11.8 Å². The number of alkyl halides is 2. The maximum atomic E-state index is 5.05. The maximum Gasteiger partial charge on any atom is 0.0359 e. The minimum atomic E-state index is 0.557. The largest absolute Gasteiger partial charge is 0.125 e. The molecule has 8 heavy (non-hydrogen) atoms. The first kappa shape index (κ1) is 11.4. The molecule has 0 aliphatic heterocycles. The Morgan fingerprint density at radius 3 is 1.12 bits per heavy atom. The molecule has 0 rings (SSSR count). The third-order valence-corrected chi connectivity index (χ3v) is 0.643. The fourth-order valence-electron chi connectivity index (χ4n) is 0. The Balaban J connectivity index is 0. The Kier molecular flexibility index (Phi) is 15.0. The van der Waals surface area contributed by atoms with E-state index in [2.05, 4.69) is 20.8 Å². The molecule has 0 saturated heterocycles. The summed E-state index contributed by atoms with van der Waals surface area (Å²) in [5, 5.41) is 0. The van der Waals surface area contributed by atoms with Crippen LogP contribution < -0.4 is 0 Å². The molecule has 0 fully saturated rings. The van der Waals surface area contributed by atoms with Gasteiger partial charge in [0.15, 0.2) is 0 Å². The highest BCUT2D eigenvalue weighted by Crippen LogP contribution is 1.81. The van der Waals surface area contributed by atoms with E-state index in [1.807, 2.05) is 0 Å². The molecule has 0 bridgehead atoms. The predicted molar refractivity (Wildman–Crippen MR) is 42.0 cm³/mol. The zero-order chi connectivity index (χ0) is 6.99. The van der Waals surface area contributed by atoms with Crippen molar-refractivity contribution in [3.8, 4) is 0 Å². The lowest BCUT2D eigenvalue weighted by molar-refractivity contribution is 0.737. The van der Waals surface area contributed by atoms with Crippen LogP contribution in [0.4, 0.5) is 0 Å². The van der Waals surface area contributed by atoms with Crippen molar-refractivity contribution in [2.24, 2.45) is 5.92 Å². The van der Waals surface area contributed by atoms with Gasteiger partial charge in [0.05, 0.1) is 0 Å². The van der Waals surface area contributed by atoms with E-state index in [1.54, 1.807) is 0 Å². The van der Waals surface area contributed by atoms with E-state index in [0.29, 0.717) is 11.8 Å². The van der Waals surface area contributed by atoms with E-state index < -0.39 is 0 Å². The highest BCUT2D eigenvalue weighted by Gasteiger charge is 1.68. The monoisotopic (exact) mass is 156 g/mol. The summed E-state index contributed by atoms with van der Waals surface area (Å²) in [6.45, 7) is 6.50. The molecule has 0 aromatic carbocycles. The molecule has 0 unspecified atom stereocenters. The van der Waals surface area contributed by atoms with E-state index in [4.69, 9.17) is 23.2 Å². The Morgan fingerprint density at radius 1 is 1.00 bits per heavy atom. The molecule has 52 valence electrons. The Labute approximate surface area is 62.2 Å². The summed E-state index contributed by atoms with van der Waals surface area (Å²) in [5.74, 6) is 1.95. The highest BCUT2D eigenvalue weighted by molar-refractivity contribution is 6.25. The molecule has 0 aliphatic carbocycles. The van der Waals surface area contributed by atoms with Gasteiger partial charge in [-0.1, -0.05) is 20.8 Å². The summed E-state index contributed by atoms with van der Waals surface area (Å²) in [4.78, 5) is 0. The zero-order valence-corrected chi connectivity index (χ0v) is 7.26. The number of hydrogen-bond donors (Lipinski definition) is 0. The zero-order valence-electron chi connectivity index (χ0n) is 5.75. The quantitative estimate of drug-likeness (QED) is 0.513. The minimum absolute atomic E-state index is 0.557. The molecule has 0 aromatic heterocycles. The number of hydrogen-bond acceptors (Lipinski definition) is 0. The lowest BCUT2D eigenvalue weighted by Crippen LogP contribution is -1.66. The molecule has 0 radical (unpaired) electrons. The standard InChI is InChI=1S/C4H10.C2H4Cl2/c1-4(2)3;3-1-2-4/h4H,1-3H3;1-2H2. The Hall–Kier alpha value is 0.580. The predicted octanol–water partition coefficient (Wildman–Crippen LogP) is 3.13. The van der Waals surface area contributed by atoms with Crippen LogP contribution in [0.1, 0.15) is 20.8 Å². The molecule has 0 aliphatic rings. The van der Waals surface area contributed by atoms with Gasteiger partial charge in [-0.3, -0.25) is 0 Å². The molecular formula is C6H14Cl2. The van der Waals surface area contributed by atoms with E-state index in [9.17, 15) is 0 Å². The van der Waals surface area contributed by atoms with Crippen molar-refractivity contribution in [3.05, 3.63) is 0 Å². The molecule has 0 spiro atoms. The summed E-state index contributed by atoms with van der Waals surface area (Å²) in [7, 11) is 0. The van der Waals surface area contributed by atoms with Crippen molar-refractivity contribution >= 4 is 23.2 Å². The lowest BCUT2D eigenvalue weighted by atomic mass is 10.3. The molecular weight excluding hydrogens is 143 g/mol. The molecule has 0 aromatic rings. The van der Waals surface area contributed by atoms with Crippen LogP contribution in [-0.4, -0.2) is 11.8 Å². The van der Waals surface area contributed by atoms with Gasteiger partial charge in [-0.05, 0) is 5.92 Å². The van der Waals surface area contributed by atoms with Crippen molar-refractivity contribution in [2.45, 2.75) is 20.8 Å². The molecule has 0 atom stereocenters. The van der Waals surface area contributed by atoms with Gasteiger partial charge in [0.25, 0.3) is 0 Å². The first-order chi connectivity index (χ1) is 3.65. The maximum absolute atomic E-state index is 5.05. The SMILES string of the molecule is CC(C)C.ClCCCl. The van der Waals surface area contributed by atoms with Crippen LogP contribution in [0.25, 0.3) is 0 Å². The minimum Gasteiger partial charge on any atom is -0.125 e. The van der Waals surface area contributed by atoms with E-state index in [-0.39, 0.29) is 0 Å². The van der Waals surface area contributed by atoms with E-state index in [0.717, 1.165) is 5.92 Å². The molecule has 0 saturated carbocycles. The van der Waals surface area contributed by atoms with E-state index in [1.165, 1.54) is 0 Å². The number of halogens is 2. The Morgan fingerprint density at radius 2 is 1.12 bits per heavy atom. The van der Waals surface area contributed by atoms with Crippen LogP contribution in [0, 0.1) is 5.92 Å². The molecule has 0 nitrogen and oxygen atoms in total. The fourth-order valence-corrected chi connectivity index (χ4v) is 0. The third kappa shape index (κ3) is 82.1. The smallest absolute Gasteiger partial charge is 0.0359 e. The molecule has 0 amide bonds. The van der Waals surface area contributed by atoms with Gasteiger partial charge in [0.1, 0.15) is 0 Å². The average molecular weight is 157 g/mol. The van der Waals surface area contributed by atoms with Crippen LogP contribution >= 0.6 is 23.2 Å². The number of rotatable bonds is 1. The average Bonchev–Trinajstić information content (AvgIpc) is 1.65. The van der Waals surface area contributed by atoms with Crippen LogP contribution in [0.5, 0.6) is 0 Å². The van der Waals surface area contributed by atoms with Crippen LogP contribution in [0.2, 0.25) is 0 Å². The third-order valence-electron chi connectivity index (χ3n) is 0.0714. The first-order valence-electron chi connectivity index (χ1n) is 2.77. The summed E-state index contributed by atoms with van der Waals surface area (Å²) in [6.07, 6.45) is 0. The fraction of sp³-hybridized carbons (Fsp3) is 1.00. The van der Waals surface area contributed by atoms with Gasteiger partial charge in [0, 0.05) is 11.8 Å². The van der Waals surface area contributed by atoms with Gasteiger partial charge < -0.3 is 0 Å². The lowest BCUT2D eigenvalue weighted by Gasteiger charge is -1.79. The van der Waals surface area contributed by atoms with Crippen molar-refractivity contribution in [1.82, 2.24) is 0 Å². The van der Waals surface area contributed by atoms with Gasteiger partial charge in [0.2, 0.25) is 0 Å². The summed E-state index contributed by atoms with van der Waals surface area (Å²) in [5.41, 5.74) is 0. The van der Waals surface area contributed by atoms with Gasteiger partial charge in [-0.15, -0.1) is 23.2 Å². The van der Waals surface area contributed by atoms with E-state index >= 15 is 0 Å². The second-order valence-corrected chi connectivity index (χ2v) is 2.87. The van der Waals surface area contributed by atoms with Gasteiger partial charge >= 0.3 is 0 Å². The summed E-state index contributed by atoms with van der Waals surface area (Å²) >= 11 is 10.1. The van der Waals surface area contributed by atoms with Crippen molar-refractivity contribution in [1.29, 1.82) is 0 Å².